The van der Waals surface area contributed by atoms with Crippen molar-refractivity contribution in [3.63, 3.8) is 0 Å². The molecule has 5 heteroatoms. The Morgan fingerprint density at radius 3 is 2.72 bits per heavy atom. The van der Waals surface area contributed by atoms with Gasteiger partial charge in [-0.3, -0.25) is 4.79 Å². The summed E-state index contributed by atoms with van der Waals surface area (Å²) in [7, 11) is 1.62. The molecule has 0 aliphatic rings. The minimum atomic E-state index is -0.0983. The Bertz CT molecular complexity index is 856. The molecule has 1 amide bonds. The summed E-state index contributed by atoms with van der Waals surface area (Å²) < 4.78 is 10.9. The number of nitrogens with one attached hydrogen (secondary N) is 1. The molecule has 0 spiro atoms. The van der Waals surface area contributed by atoms with Crippen LogP contribution in [0.15, 0.2) is 59.0 Å². The van der Waals surface area contributed by atoms with Crippen LogP contribution in [-0.2, 0) is 17.8 Å². The molecule has 25 heavy (non-hydrogen) atoms. The molecule has 3 aromatic rings. The van der Waals surface area contributed by atoms with Gasteiger partial charge in [-0.25, -0.2) is 4.98 Å². The van der Waals surface area contributed by atoms with E-state index in [1.807, 2.05) is 61.5 Å². The number of hydrogen-bond donors (Lipinski definition) is 1. The lowest BCUT2D eigenvalue weighted by Gasteiger charge is -2.06. The van der Waals surface area contributed by atoms with Crippen LogP contribution in [0.4, 0.5) is 0 Å². The number of hydrogen-bond acceptors (Lipinski definition) is 4. The van der Waals surface area contributed by atoms with Gasteiger partial charge in [0.05, 0.1) is 19.2 Å². The Hall–Kier alpha value is -3.08. The van der Waals surface area contributed by atoms with Gasteiger partial charge in [0.15, 0.2) is 0 Å². The van der Waals surface area contributed by atoms with E-state index >= 15 is 0 Å². The van der Waals surface area contributed by atoms with Crippen molar-refractivity contribution in [2.75, 3.05) is 7.11 Å². The highest BCUT2D eigenvalue weighted by Gasteiger charge is 2.14. The van der Waals surface area contributed by atoms with Crippen molar-refractivity contribution in [1.82, 2.24) is 10.3 Å². The Morgan fingerprint density at radius 2 is 1.96 bits per heavy atom. The summed E-state index contributed by atoms with van der Waals surface area (Å²) in [4.78, 5) is 16.7. The molecular weight excluding hydrogens is 316 g/mol. The van der Waals surface area contributed by atoms with Gasteiger partial charge in [0.1, 0.15) is 11.5 Å². The second-order valence-electron chi connectivity index (χ2n) is 5.69. The SMILES string of the molecule is COc1cccc(CNC(=O)Cc2nc(-c3ccccc3)oc2C)c1. The molecule has 1 heterocycles. The zero-order valence-electron chi connectivity index (χ0n) is 14.3. The molecule has 0 saturated heterocycles. The molecule has 5 nitrogen and oxygen atoms in total. The average Bonchev–Trinajstić information content (AvgIpc) is 3.01. The topological polar surface area (TPSA) is 64.4 Å². The molecule has 128 valence electrons. The van der Waals surface area contributed by atoms with Gasteiger partial charge in [-0.05, 0) is 36.8 Å². The van der Waals surface area contributed by atoms with Gasteiger partial charge in [-0.1, -0.05) is 30.3 Å². The van der Waals surface area contributed by atoms with Crippen LogP contribution in [0.5, 0.6) is 5.75 Å². The molecule has 1 N–H and O–H groups in total. The zero-order valence-corrected chi connectivity index (χ0v) is 14.3. The van der Waals surface area contributed by atoms with E-state index in [-0.39, 0.29) is 12.3 Å². The number of rotatable bonds is 6. The molecule has 0 aliphatic heterocycles. The molecule has 0 unspecified atom stereocenters. The van der Waals surface area contributed by atoms with E-state index in [2.05, 4.69) is 10.3 Å². The number of methoxy groups -OCH3 is 1. The van der Waals surface area contributed by atoms with Gasteiger partial charge >= 0.3 is 0 Å². The molecule has 0 saturated carbocycles. The third-order valence-electron chi connectivity index (χ3n) is 3.87. The number of ether oxygens (including phenoxy) is 1. The van der Waals surface area contributed by atoms with Gasteiger partial charge in [-0.15, -0.1) is 0 Å². The summed E-state index contributed by atoms with van der Waals surface area (Å²) in [5.74, 6) is 1.87. The minimum absolute atomic E-state index is 0.0983. The first-order chi connectivity index (χ1) is 12.2. The number of amides is 1. The maximum Gasteiger partial charge on any atom is 0.226 e. The van der Waals surface area contributed by atoms with E-state index in [0.717, 1.165) is 16.9 Å². The highest BCUT2D eigenvalue weighted by molar-refractivity contribution is 5.78. The smallest absolute Gasteiger partial charge is 0.226 e. The number of nitrogens with zero attached hydrogens (tertiary/aromatic N) is 1. The average molecular weight is 336 g/mol. The summed E-state index contributed by atoms with van der Waals surface area (Å²) in [5.41, 5.74) is 2.53. The molecule has 0 fully saturated rings. The summed E-state index contributed by atoms with van der Waals surface area (Å²) in [6.07, 6.45) is 0.187. The normalized spacial score (nSPS) is 10.5. The molecule has 0 bridgehead atoms. The first-order valence-corrected chi connectivity index (χ1v) is 8.07. The lowest BCUT2D eigenvalue weighted by Crippen LogP contribution is -2.24. The molecule has 1 aromatic heterocycles. The van der Waals surface area contributed by atoms with Crippen molar-refractivity contribution in [2.24, 2.45) is 0 Å². The first-order valence-electron chi connectivity index (χ1n) is 8.07. The lowest BCUT2D eigenvalue weighted by molar-refractivity contribution is -0.120. The summed E-state index contributed by atoms with van der Waals surface area (Å²) >= 11 is 0. The Labute approximate surface area is 146 Å². The van der Waals surface area contributed by atoms with Crippen molar-refractivity contribution in [3.8, 4) is 17.2 Å². The van der Waals surface area contributed by atoms with Crippen LogP contribution in [0.1, 0.15) is 17.0 Å². The van der Waals surface area contributed by atoms with Crippen LogP contribution < -0.4 is 10.1 Å². The largest absolute Gasteiger partial charge is 0.497 e. The van der Waals surface area contributed by atoms with E-state index in [4.69, 9.17) is 9.15 Å². The van der Waals surface area contributed by atoms with Crippen LogP contribution in [-0.4, -0.2) is 18.0 Å². The number of carbonyl (C=O) groups excluding carboxylic acids is 1. The molecule has 3 rings (SSSR count). The first kappa shape index (κ1) is 16.8. The summed E-state index contributed by atoms with van der Waals surface area (Å²) in [5, 5.41) is 2.90. The van der Waals surface area contributed by atoms with Crippen LogP contribution >= 0.6 is 0 Å². The van der Waals surface area contributed by atoms with Crippen molar-refractivity contribution in [2.45, 2.75) is 19.9 Å². The summed E-state index contributed by atoms with van der Waals surface area (Å²) in [6, 6.07) is 17.3. The molecule has 0 atom stereocenters. The van der Waals surface area contributed by atoms with Crippen LogP contribution in [0.2, 0.25) is 0 Å². The number of aryl methyl sites for hydroxylation is 1. The van der Waals surface area contributed by atoms with Crippen molar-refractivity contribution in [3.05, 3.63) is 71.6 Å². The maximum atomic E-state index is 12.2. The van der Waals surface area contributed by atoms with Gasteiger partial charge in [0, 0.05) is 12.1 Å². The van der Waals surface area contributed by atoms with Gasteiger partial charge in [0.25, 0.3) is 0 Å². The highest BCUT2D eigenvalue weighted by Crippen LogP contribution is 2.21. The third kappa shape index (κ3) is 4.26. The van der Waals surface area contributed by atoms with Crippen LogP contribution in [0.25, 0.3) is 11.5 Å². The van der Waals surface area contributed by atoms with Gasteiger partial charge in [0.2, 0.25) is 11.8 Å². The van der Waals surface area contributed by atoms with E-state index < -0.39 is 0 Å². The predicted octanol–water partition coefficient (Wildman–Crippen LogP) is 3.52. The van der Waals surface area contributed by atoms with E-state index in [0.29, 0.717) is 23.9 Å². The van der Waals surface area contributed by atoms with Crippen LogP contribution in [0, 0.1) is 6.92 Å². The van der Waals surface area contributed by atoms with Crippen molar-refractivity contribution >= 4 is 5.91 Å². The van der Waals surface area contributed by atoms with Crippen molar-refractivity contribution in [1.29, 1.82) is 0 Å². The fraction of sp³-hybridized carbons (Fsp3) is 0.200. The maximum absolute atomic E-state index is 12.2. The van der Waals surface area contributed by atoms with E-state index in [1.54, 1.807) is 7.11 Å². The number of oxazole rings is 1. The number of aromatic nitrogens is 1. The Morgan fingerprint density at radius 1 is 1.16 bits per heavy atom. The highest BCUT2D eigenvalue weighted by atomic mass is 16.5. The predicted molar refractivity (Wildman–Crippen MR) is 95.2 cm³/mol. The molecule has 0 radical (unpaired) electrons. The minimum Gasteiger partial charge on any atom is -0.497 e. The van der Waals surface area contributed by atoms with E-state index in [1.165, 1.54) is 0 Å². The number of benzene rings is 2. The molecule has 0 aliphatic carbocycles. The second-order valence-corrected chi connectivity index (χ2v) is 5.69. The van der Waals surface area contributed by atoms with Crippen LogP contribution in [0.3, 0.4) is 0 Å². The fourth-order valence-corrected chi connectivity index (χ4v) is 2.49. The fourth-order valence-electron chi connectivity index (χ4n) is 2.49. The van der Waals surface area contributed by atoms with Gasteiger partial charge < -0.3 is 14.5 Å². The second kappa shape index (κ2) is 7.66. The molecule has 2 aromatic carbocycles. The Kier molecular flexibility index (Phi) is 5.14. The zero-order chi connectivity index (χ0) is 17.6. The standard InChI is InChI=1S/C20H20N2O3/c1-14-18(22-20(25-14)16-8-4-3-5-9-16)12-19(23)21-13-15-7-6-10-17(11-15)24-2/h3-11H,12-13H2,1-2H3,(H,21,23). The van der Waals surface area contributed by atoms with E-state index in [9.17, 15) is 4.79 Å². The molecular formula is C20H20N2O3. The Balaban J connectivity index is 1.62. The van der Waals surface area contributed by atoms with Crippen molar-refractivity contribution < 1.29 is 13.9 Å². The monoisotopic (exact) mass is 336 g/mol. The lowest BCUT2D eigenvalue weighted by atomic mass is 10.2. The summed E-state index contributed by atoms with van der Waals surface area (Å²) in [6.45, 7) is 2.27. The van der Waals surface area contributed by atoms with Gasteiger partial charge in [-0.2, -0.15) is 0 Å². The number of carbonyl (C=O) groups is 1. The quantitative estimate of drug-likeness (QED) is 0.748. The third-order valence-corrected chi connectivity index (χ3v) is 3.87.